The number of aromatic nitrogens is 3. The van der Waals surface area contributed by atoms with Crippen LogP contribution in [-0.4, -0.2) is 21.3 Å². The highest BCUT2D eigenvalue weighted by atomic mass is 15.3. The quantitative estimate of drug-likeness (QED) is 0.865. The molecule has 0 fully saturated rings. The van der Waals surface area contributed by atoms with Gasteiger partial charge in [-0.05, 0) is 31.5 Å². The molecule has 0 saturated carbocycles. The monoisotopic (exact) mass is 258 g/mol. The first-order valence-corrected chi connectivity index (χ1v) is 7.03. The molecular formula is C15H22N4. The summed E-state index contributed by atoms with van der Waals surface area (Å²) < 4.78 is 1.99. The summed E-state index contributed by atoms with van der Waals surface area (Å²) in [6, 6.07) is 5.93. The van der Waals surface area contributed by atoms with Gasteiger partial charge >= 0.3 is 0 Å². The van der Waals surface area contributed by atoms with Crippen molar-refractivity contribution in [1.82, 2.24) is 20.1 Å². The SMILES string of the molecule is CCNCc1c(CC)nn(-c2ccccn2)c1CC. The Morgan fingerprint density at radius 3 is 2.58 bits per heavy atom. The average molecular weight is 258 g/mol. The summed E-state index contributed by atoms with van der Waals surface area (Å²) in [5, 5.41) is 8.14. The van der Waals surface area contributed by atoms with Crippen LogP contribution in [0.15, 0.2) is 24.4 Å². The van der Waals surface area contributed by atoms with Gasteiger partial charge in [0.25, 0.3) is 0 Å². The highest BCUT2D eigenvalue weighted by Gasteiger charge is 2.16. The van der Waals surface area contributed by atoms with Gasteiger partial charge in [0.05, 0.1) is 11.4 Å². The summed E-state index contributed by atoms with van der Waals surface area (Å²) in [7, 11) is 0. The van der Waals surface area contributed by atoms with Gasteiger partial charge in [0.1, 0.15) is 0 Å². The van der Waals surface area contributed by atoms with Gasteiger partial charge in [-0.3, -0.25) is 0 Å². The molecule has 4 nitrogen and oxygen atoms in total. The van der Waals surface area contributed by atoms with Crippen LogP contribution in [0.4, 0.5) is 0 Å². The standard InChI is InChI=1S/C15H22N4/c1-4-13-12(11-16-6-3)14(5-2)19(18-13)15-9-7-8-10-17-15/h7-10,16H,4-6,11H2,1-3H3. The summed E-state index contributed by atoms with van der Waals surface area (Å²) in [6.07, 6.45) is 3.73. The second-order valence-electron chi connectivity index (χ2n) is 4.46. The van der Waals surface area contributed by atoms with Crippen molar-refractivity contribution >= 4 is 0 Å². The van der Waals surface area contributed by atoms with Gasteiger partial charge in [-0.2, -0.15) is 5.10 Å². The Labute approximate surface area is 114 Å². The molecule has 0 aromatic carbocycles. The van der Waals surface area contributed by atoms with E-state index in [0.717, 1.165) is 31.7 Å². The van der Waals surface area contributed by atoms with Gasteiger partial charge in [0, 0.05) is 18.3 Å². The molecule has 19 heavy (non-hydrogen) atoms. The molecule has 0 bridgehead atoms. The van der Waals surface area contributed by atoms with E-state index in [0.29, 0.717) is 0 Å². The molecule has 0 amide bonds. The lowest BCUT2D eigenvalue weighted by Crippen LogP contribution is -2.14. The molecule has 0 atom stereocenters. The van der Waals surface area contributed by atoms with E-state index in [1.165, 1.54) is 17.0 Å². The van der Waals surface area contributed by atoms with E-state index in [2.05, 4.69) is 31.1 Å². The number of hydrogen-bond acceptors (Lipinski definition) is 3. The number of nitrogens with zero attached hydrogens (tertiary/aromatic N) is 3. The zero-order chi connectivity index (χ0) is 13.7. The zero-order valence-corrected chi connectivity index (χ0v) is 12.0. The van der Waals surface area contributed by atoms with Gasteiger partial charge in [-0.1, -0.05) is 26.8 Å². The van der Waals surface area contributed by atoms with E-state index in [-0.39, 0.29) is 0 Å². The van der Waals surface area contributed by atoms with Crippen LogP contribution in [0.1, 0.15) is 37.7 Å². The molecule has 4 heteroatoms. The van der Waals surface area contributed by atoms with Gasteiger partial charge < -0.3 is 5.32 Å². The first-order valence-electron chi connectivity index (χ1n) is 7.03. The molecule has 0 unspecified atom stereocenters. The Morgan fingerprint density at radius 1 is 1.16 bits per heavy atom. The van der Waals surface area contributed by atoms with Crippen LogP contribution in [0.25, 0.3) is 5.82 Å². The van der Waals surface area contributed by atoms with Crippen LogP contribution in [0.5, 0.6) is 0 Å². The molecular weight excluding hydrogens is 236 g/mol. The van der Waals surface area contributed by atoms with Crippen molar-refractivity contribution in [1.29, 1.82) is 0 Å². The first kappa shape index (κ1) is 13.7. The van der Waals surface area contributed by atoms with Crippen LogP contribution in [0, 0.1) is 0 Å². The number of aryl methyl sites for hydroxylation is 1. The lowest BCUT2D eigenvalue weighted by atomic mass is 10.1. The fourth-order valence-electron chi connectivity index (χ4n) is 2.31. The van der Waals surface area contributed by atoms with E-state index in [1.54, 1.807) is 0 Å². The van der Waals surface area contributed by atoms with Crippen LogP contribution < -0.4 is 5.32 Å². The van der Waals surface area contributed by atoms with Crippen molar-refractivity contribution in [2.75, 3.05) is 6.54 Å². The molecule has 0 aliphatic rings. The topological polar surface area (TPSA) is 42.7 Å². The summed E-state index contributed by atoms with van der Waals surface area (Å²) in [4.78, 5) is 4.41. The third-order valence-electron chi connectivity index (χ3n) is 3.26. The maximum absolute atomic E-state index is 4.74. The Bertz CT molecular complexity index is 516. The van der Waals surface area contributed by atoms with E-state index < -0.39 is 0 Å². The maximum atomic E-state index is 4.74. The zero-order valence-electron chi connectivity index (χ0n) is 12.0. The molecule has 0 spiro atoms. The number of nitrogens with one attached hydrogen (secondary N) is 1. The predicted octanol–water partition coefficient (Wildman–Crippen LogP) is 2.50. The minimum atomic E-state index is 0.885. The minimum Gasteiger partial charge on any atom is -0.313 e. The lowest BCUT2D eigenvalue weighted by molar-refractivity contribution is 0.711. The van der Waals surface area contributed by atoms with Gasteiger partial charge in [0.15, 0.2) is 5.82 Å². The molecule has 0 saturated heterocycles. The second-order valence-corrected chi connectivity index (χ2v) is 4.46. The van der Waals surface area contributed by atoms with E-state index in [1.807, 2.05) is 29.1 Å². The predicted molar refractivity (Wildman–Crippen MR) is 77.5 cm³/mol. The van der Waals surface area contributed by atoms with Crippen LogP contribution in [-0.2, 0) is 19.4 Å². The smallest absolute Gasteiger partial charge is 0.153 e. The molecule has 2 heterocycles. The van der Waals surface area contributed by atoms with Gasteiger partial charge in [0.2, 0.25) is 0 Å². The third-order valence-corrected chi connectivity index (χ3v) is 3.26. The Hall–Kier alpha value is -1.68. The number of rotatable bonds is 6. The van der Waals surface area contributed by atoms with Crippen molar-refractivity contribution in [2.45, 2.75) is 40.2 Å². The summed E-state index contributed by atoms with van der Waals surface area (Å²) >= 11 is 0. The Balaban J connectivity index is 2.47. The summed E-state index contributed by atoms with van der Waals surface area (Å²) in [5.74, 6) is 0.900. The van der Waals surface area contributed by atoms with Gasteiger partial charge in [-0.25, -0.2) is 9.67 Å². The minimum absolute atomic E-state index is 0.885. The Morgan fingerprint density at radius 2 is 2.00 bits per heavy atom. The fourth-order valence-corrected chi connectivity index (χ4v) is 2.31. The molecule has 2 aromatic rings. The molecule has 2 aromatic heterocycles. The van der Waals surface area contributed by atoms with Gasteiger partial charge in [-0.15, -0.1) is 0 Å². The second kappa shape index (κ2) is 6.48. The molecule has 0 radical (unpaired) electrons. The van der Waals surface area contributed by atoms with Crippen LogP contribution in [0.3, 0.4) is 0 Å². The van der Waals surface area contributed by atoms with E-state index in [4.69, 9.17) is 5.10 Å². The Kier molecular flexibility index (Phi) is 4.68. The van der Waals surface area contributed by atoms with Crippen LogP contribution >= 0.6 is 0 Å². The van der Waals surface area contributed by atoms with E-state index >= 15 is 0 Å². The third kappa shape index (κ3) is 2.84. The highest BCUT2D eigenvalue weighted by Crippen LogP contribution is 2.19. The highest BCUT2D eigenvalue weighted by molar-refractivity contribution is 5.33. The van der Waals surface area contributed by atoms with E-state index in [9.17, 15) is 0 Å². The summed E-state index contributed by atoms with van der Waals surface area (Å²) in [6.45, 7) is 8.31. The summed E-state index contributed by atoms with van der Waals surface area (Å²) in [5.41, 5.74) is 3.76. The lowest BCUT2D eigenvalue weighted by Gasteiger charge is -2.07. The molecule has 1 N–H and O–H groups in total. The fraction of sp³-hybridized carbons (Fsp3) is 0.467. The van der Waals surface area contributed by atoms with Crippen LogP contribution in [0.2, 0.25) is 0 Å². The van der Waals surface area contributed by atoms with Crippen molar-refractivity contribution in [3.05, 3.63) is 41.3 Å². The number of hydrogen-bond donors (Lipinski definition) is 1. The first-order chi connectivity index (χ1) is 9.31. The molecule has 0 aliphatic carbocycles. The largest absolute Gasteiger partial charge is 0.313 e. The maximum Gasteiger partial charge on any atom is 0.153 e. The molecule has 0 aliphatic heterocycles. The normalized spacial score (nSPS) is 10.9. The van der Waals surface area contributed by atoms with Crippen molar-refractivity contribution < 1.29 is 0 Å². The average Bonchev–Trinajstić information content (AvgIpc) is 2.83. The van der Waals surface area contributed by atoms with Crippen molar-refractivity contribution in [3.8, 4) is 5.82 Å². The molecule has 102 valence electrons. The molecule has 2 rings (SSSR count). The van der Waals surface area contributed by atoms with Crippen molar-refractivity contribution in [2.24, 2.45) is 0 Å². The number of pyridine rings is 1. The van der Waals surface area contributed by atoms with Crippen molar-refractivity contribution in [3.63, 3.8) is 0 Å².